The van der Waals surface area contributed by atoms with Crippen molar-refractivity contribution in [2.24, 2.45) is 16.8 Å². The van der Waals surface area contributed by atoms with E-state index in [4.69, 9.17) is 0 Å². The van der Waals surface area contributed by atoms with Crippen molar-refractivity contribution in [2.45, 2.75) is 32.1 Å². The summed E-state index contributed by atoms with van der Waals surface area (Å²) in [6, 6.07) is 10.8. The number of rotatable bonds is 5. The molecular weight excluding hydrogens is 499 g/mol. The quantitative estimate of drug-likeness (QED) is 0.359. The molecule has 2 fully saturated rings. The molecule has 8 heteroatoms. The van der Waals surface area contributed by atoms with E-state index >= 15 is 0 Å². The Hall–Kier alpha value is -0.870. The molecule has 0 bridgehead atoms. The largest absolute Gasteiger partial charge is 0.356 e. The highest BCUT2D eigenvalue weighted by atomic mass is 127. The van der Waals surface area contributed by atoms with Crippen LogP contribution in [0.3, 0.4) is 0 Å². The van der Waals surface area contributed by atoms with Gasteiger partial charge in [0.2, 0.25) is 10.0 Å². The van der Waals surface area contributed by atoms with Crippen LogP contribution in [0.5, 0.6) is 0 Å². The van der Waals surface area contributed by atoms with Gasteiger partial charge in [-0.1, -0.05) is 30.3 Å². The van der Waals surface area contributed by atoms with Gasteiger partial charge in [0.15, 0.2) is 5.96 Å². The van der Waals surface area contributed by atoms with E-state index in [9.17, 15) is 8.42 Å². The zero-order valence-electron chi connectivity index (χ0n) is 17.6. The van der Waals surface area contributed by atoms with E-state index in [2.05, 4.69) is 45.5 Å². The summed E-state index contributed by atoms with van der Waals surface area (Å²) in [7, 11) is -1.20. The van der Waals surface area contributed by atoms with Crippen LogP contribution in [0.1, 0.15) is 31.2 Å². The summed E-state index contributed by atoms with van der Waals surface area (Å²) in [5.41, 5.74) is 1.43. The molecule has 2 aliphatic rings. The number of benzene rings is 1. The van der Waals surface area contributed by atoms with Gasteiger partial charge in [0, 0.05) is 39.8 Å². The van der Waals surface area contributed by atoms with Gasteiger partial charge in [0.25, 0.3) is 0 Å². The first kappa shape index (κ1) is 24.4. The summed E-state index contributed by atoms with van der Waals surface area (Å²) in [5.74, 6) is 2.24. The van der Waals surface area contributed by atoms with Gasteiger partial charge in [-0.3, -0.25) is 4.99 Å². The highest BCUT2D eigenvalue weighted by Gasteiger charge is 2.26. The third-order valence-corrected chi connectivity index (χ3v) is 7.39. The number of nitrogens with one attached hydrogen (secondary N) is 1. The van der Waals surface area contributed by atoms with Gasteiger partial charge in [-0.25, -0.2) is 12.7 Å². The maximum atomic E-state index is 11.6. The van der Waals surface area contributed by atoms with E-state index in [1.165, 1.54) is 31.1 Å². The van der Waals surface area contributed by atoms with Crippen molar-refractivity contribution in [3.63, 3.8) is 0 Å². The molecule has 0 aromatic heterocycles. The normalized spacial score (nSPS) is 20.3. The second-order valence-corrected chi connectivity index (χ2v) is 10.1. The molecule has 0 unspecified atom stereocenters. The number of hydrogen-bond acceptors (Lipinski definition) is 3. The average molecular weight is 535 g/mol. The van der Waals surface area contributed by atoms with E-state index in [-0.39, 0.29) is 24.0 Å². The summed E-state index contributed by atoms with van der Waals surface area (Å²) in [6.45, 7) is 4.23. The average Bonchev–Trinajstić information content (AvgIpc) is 2.70. The van der Waals surface area contributed by atoms with Crippen LogP contribution in [-0.4, -0.2) is 69.6 Å². The molecule has 0 amide bonds. The van der Waals surface area contributed by atoms with E-state index in [0.29, 0.717) is 19.0 Å². The fourth-order valence-electron chi connectivity index (χ4n) is 4.31. The third kappa shape index (κ3) is 7.40. The Morgan fingerprint density at radius 1 is 1.03 bits per heavy atom. The minimum atomic E-state index is -3.05. The number of sulfonamides is 1. The molecule has 1 N–H and O–H groups in total. The number of aliphatic imine (C=N–C) groups is 1. The second kappa shape index (κ2) is 11.5. The van der Waals surface area contributed by atoms with Crippen LogP contribution in [-0.2, 0) is 16.4 Å². The van der Waals surface area contributed by atoms with Crippen LogP contribution >= 0.6 is 24.0 Å². The highest BCUT2D eigenvalue weighted by molar-refractivity contribution is 14.0. The van der Waals surface area contributed by atoms with Gasteiger partial charge in [-0.05, 0) is 49.5 Å². The smallest absolute Gasteiger partial charge is 0.211 e. The molecule has 0 atom stereocenters. The van der Waals surface area contributed by atoms with Gasteiger partial charge >= 0.3 is 0 Å². The maximum Gasteiger partial charge on any atom is 0.211 e. The Labute approximate surface area is 193 Å². The molecule has 29 heavy (non-hydrogen) atoms. The first-order chi connectivity index (χ1) is 13.5. The van der Waals surface area contributed by atoms with Crippen molar-refractivity contribution in [3.05, 3.63) is 35.9 Å². The fraction of sp³-hybridized carbons (Fsp3) is 0.667. The van der Waals surface area contributed by atoms with E-state index < -0.39 is 10.0 Å². The van der Waals surface area contributed by atoms with Crippen molar-refractivity contribution in [2.75, 3.05) is 46.0 Å². The Balaban J connectivity index is 0.00000300. The fourth-order valence-corrected chi connectivity index (χ4v) is 5.18. The lowest BCUT2D eigenvalue weighted by Gasteiger charge is -2.35. The third-order valence-electron chi connectivity index (χ3n) is 6.08. The topological polar surface area (TPSA) is 65.0 Å². The molecule has 0 radical (unpaired) electrons. The zero-order valence-corrected chi connectivity index (χ0v) is 20.7. The minimum absolute atomic E-state index is 0. The molecule has 3 rings (SSSR count). The Morgan fingerprint density at radius 2 is 1.62 bits per heavy atom. The van der Waals surface area contributed by atoms with Crippen molar-refractivity contribution in [1.29, 1.82) is 0 Å². The van der Waals surface area contributed by atoms with Gasteiger partial charge in [0.05, 0.1) is 6.26 Å². The van der Waals surface area contributed by atoms with Crippen molar-refractivity contribution in [1.82, 2.24) is 14.5 Å². The van der Waals surface area contributed by atoms with Gasteiger partial charge < -0.3 is 10.2 Å². The van der Waals surface area contributed by atoms with Gasteiger partial charge in [-0.15, -0.1) is 24.0 Å². The predicted octanol–water partition coefficient (Wildman–Crippen LogP) is 2.81. The first-order valence-corrected chi connectivity index (χ1v) is 12.2. The van der Waals surface area contributed by atoms with Crippen LogP contribution < -0.4 is 5.32 Å². The lowest BCUT2D eigenvalue weighted by molar-refractivity contribution is 0.250. The maximum absolute atomic E-state index is 11.6. The van der Waals surface area contributed by atoms with Crippen LogP contribution in [0.25, 0.3) is 0 Å². The molecule has 2 aliphatic heterocycles. The number of nitrogens with zero attached hydrogens (tertiary/aromatic N) is 3. The molecular formula is C21H35IN4O2S. The number of guanidine groups is 1. The van der Waals surface area contributed by atoms with Gasteiger partial charge in [-0.2, -0.15) is 0 Å². The first-order valence-electron chi connectivity index (χ1n) is 10.4. The van der Waals surface area contributed by atoms with Crippen molar-refractivity contribution in [3.8, 4) is 0 Å². The molecule has 0 aliphatic carbocycles. The Morgan fingerprint density at radius 3 is 2.17 bits per heavy atom. The summed E-state index contributed by atoms with van der Waals surface area (Å²) >= 11 is 0. The zero-order chi connectivity index (χ0) is 20.0. The lowest BCUT2D eigenvalue weighted by Crippen LogP contribution is -2.48. The highest BCUT2D eigenvalue weighted by Crippen LogP contribution is 2.22. The van der Waals surface area contributed by atoms with Crippen LogP contribution in [0.4, 0.5) is 0 Å². The standard InChI is InChI=1S/C21H34N4O2S.HI/c1-22-21(23-17-20-10-14-25(15-11-20)28(2,26)27)24-12-8-19(9-13-24)16-18-6-4-3-5-7-18;/h3-7,19-20H,8-17H2,1-2H3,(H,22,23);1H. The molecule has 1 aromatic rings. The lowest BCUT2D eigenvalue weighted by atomic mass is 9.90. The Kier molecular flexibility index (Phi) is 9.68. The predicted molar refractivity (Wildman–Crippen MR) is 130 cm³/mol. The van der Waals surface area contributed by atoms with E-state index in [0.717, 1.165) is 44.4 Å². The van der Waals surface area contributed by atoms with Gasteiger partial charge in [0.1, 0.15) is 0 Å². The van der Waals surface area contributed by atoms with Crippen LogP contribution in [0.15, 0.2) is 35.3 Å². The summed E-state index contributed by atoms with van der Waals surface area (Å²) in [4.78, 5) is 6.85. The molecule has 164 valence electrons. The van der Waals surface area contributed by atoms with E-state index in [1.54, 1.807) is 4.31 Å². The summed E-state index contributed by atoms with van der Waals surface area (Å²) in [5, 5.41) is 3.53. The van der Waals surface area contributed by atoms with Crippen LogP contribution in [0.2, 0.25) is 0 Å². The molecule has 2 saturated heterocycles. The number of piperidine rings is 2. The van der Waals surface area contributed by atoms with Crippen molar-refractivity contribution >= 4 is 40.0 Å². The molecule has 6 nitrogen and oxygen atoms in total. The Bertz CT molecular complexity index is 741. The SMILES string of the molecule is CN=C(NCC1CCN(S(C)(=O)=O)CC1)N1CCC(Cc2ccccc2)CC1.I. The summed E-state index contributed by atoms with van der Waals surface area (Å²) < 4.78 is 24.9. The van der Waals surface area contributed by atoms with Crippen LogP contribution in [0, 0.1) is 11.8 Å². The minimum Gasteiger partial charge on any atom is -0.356 e. The van der Waals surface area contributed by atoms with E-state index in [1.807, 2.05) is 7.05 Å². The second-order valence-electron chi connectivity index (χ2n) is 8.15. The number of halogens is 1. The molecule has 2 heterocycles. The summed E-state index contributed by atoms with van der Waals surface area (Å²) in [6.07, 6.45) is 6.69. The number of likely N-dealkylation sites (tertiary alicyclic amines) is 1. The molecule has 0 spiro atoms. The molecule has 0 saturated carbocycles. The van der Waals surface area contributed by atoms with Crippen molar-refractivity contribution < 1.29 is 8.42 Å². The number of hydrogen-bond donors (Lipinski definition) is 1. The monoisotopic (exact) mass is 534 g/mol. The molecule has 1 aromatic carbocycles.